The number of imide groups is 1. The van der Waals surface area contributed by atoms with Crippen molar-refractivity contribution in [1.29, 1.82) is 0 Å². The normalized spacial score (nSPS) is 23.6. The van der Waals surface area contributed by atoms with Gasteiger partial charge in [-0.05, 0) is 23.9 Å². The number of hydrogen-bond acceptors (Lipinski definition) is 5. The van der Waals surface area contributed by atoms with Crippen LogP contribution >= 0.6 is 11.3 Å². The molecule has 0 bridgehead atoms. The predicted molar refractivity (Wildman–Crippen MR) is 107 cm³/mol. The van der Waals surface area contributed by atoms with Crippen molar-refractivity contribution in [3.63, 3.8) is 0 Å². The number of carbonyl (C=O) groups is 2. The minimum absolute atomic E-state index is 0.0383. The Bertz CT molecular complexity index is 1010. The van der Waals surface area contributed by atoms with E-state index in [0.29, 0.717) is 6.42 Å². The van der Waals surface area contributed by atoms with Gasteiger partial charge >= 0.3 is 0 Å². The van der Waals surface area contributed by atoms with E-state index < -0.39 is 33.4 Å². The first-order valence-corrected chi connectivity index (χ1v) is 11.9. The van der Waals surface area contributed by atoms with Crippen LogP contribution in [-0.2, 0) is 25.4 Å². The van der Waals surface area contributed by atoms with Crippen LogP contribution in [0.15, 0.2) is 41.8 Å². The first kappa shape index (κ1) is 20.2. The summed E-state index contributed by atoms with van der Waals surface area (Å²) in [5, 5.41) is 1.90. The second-order valence-corrected chi connectivity index (χ2v) is 10.3. The number of thiophene rings is 1. The maximum atomic E-state index is 13.9. The Kier molecular flexibility index (Phi) is 5.30. The highest BCUT2D eigenvalue weighted by Gasteiger charge is 2.56. The Morgan fingerprint density at radius 2 is 1.76 bits per heavy atom. The lowest BCUT2D eigenvalue weighted by Gasteiger charge is -2.26. The van der Waals surface area contributed by atoms with Gasteiger partial charge in [-0.15, -0.1) is 11.3 Å². The number of amides is 2. The average Bonchev–Trinajstić information content (AvgIpc) is 3.40. The largest absolute Gasteiger partial charge is 0.274 e. The zero-order chi connectivity index (χ0) is 20.8. The lowest BCUT2D eigenvalue weighted by atomic mass is 10.00. The van der Waals surface area contributed by atoms with Crippen molar-refractivity contribution in [2.45, 2.75) is 25.1 Å². The summed E-state index contributed by atoms with van der Waals surface area (Å²) >= 11 is 1.49. The van der Waals surface area contributed by atoms with Crippen LogP contribution in [-0.4, -0.2) is 42.5 Å². The van der Waals surface area contributed by atoms with Crippen LogP contribution in [0.2, 0.25) is 0 Å². The highest BCUT2D eigenvalue weighted by molar-refractivity contribution is 7.88. The molecule has 6 nitrogen and oxygen atoms in total. The Morgan fingerprint density at radius 3 is 2.31 bits per heavy atom. The summed E-state index contributed by atoms with van der Waals surface area (Å²) in [6.45, 7) is 1.84. The molecule has 3 atom stereocenters. The lowest BCUT2D eigenvalue weighted by molar-refractivity contribution is -0.143. The first-order valence-electron chi connectivity index (χ1n) is 9.45. The third-order valence-electron chi connectivity index (χ3n) is 5.65. The van der Waals surface area contributed by atoms with Gasteiger partial charge in [-0.25, -0.2) is 12.8 Å². The van der Waals surface area contributed by atoms with E-state index in [4.69, 9.17) is 0 Å². The number of benzene rings is 1. The molecule has 0 radical (unpaired) electrons. The molecule has 154 valence electrons. The zero-order valence-corrected chi connectivity index (χ0v) is 17.5. The molecule has 1 unspecified atom stereocenters. The third kappa shape index (κ3) is 3.51. The second-order valence-electron chi connectivity index (χ2n) is 7.36. The molecule has 2 amide bonds. The standard InChI is InChI=1S/C20H21FN2O4S2/c1-2-17(18-8-5-9-28-18)23-19(24)14-10-22(11-15(14)20(23)25)29(26,27)12-13-6-3-4-7-16(13)21/h3-9,14-15,17H,2,10-12H2,1H3/t14-,15+,17?. The molecule has 0 spiro atoms. The minimum Gasteiger partial charge on any atom is -0.274 e. The summed E-state index contributed by atoms with van der Waals surface area (Å²) in [7, 11) is -3.84. The second kappa shape index (κ2) is 7.62. The summed E-state index contributed by atoms with van der Waals surface area (Å²) in [4.78, 5) is 28.3. The molecule has 2 aliphatic rings. The monoisotopic (exact) mass is 436 g/mol. The fourth-order valence-electron chi connectivity index (χ4n) is 4.16. The van der Waals surface area contributed by atoms with Gasteiger partial charge in [0.1, 0.15) is 5.82 Å². The molecule has 1 aromatic carbocycles. The van der Waals surface area contributed by atoms with Crippen LogP contribution in [0.5, 0.6) is 0 Å². The van der Waals surface area contributed by atoms with Gasteiger partial charge in [-0.2, -0.15) is 4.31 Å². The molecule has 0 aliphatic carbocycles. The SMILES string of the molecule is CCC(c1cccs1)N1C(=O)[C@H]2CN(S(=O)(=O)Cc3ccccc3F)C[C@H]2C1=O. The molecule has 4 rings (SSSR count). The summed E-state index contributed by atoms with van der Waals surface area (Å²) < 4.78 is 40.6. The fourth-order valence-corrected chi connectivity index (χ4v) is 6.65. The van der Waals surface area contributed by atoms with Crippen molar-refractivity contribution >= 4 is 33.2 Å². The molecule has 3 heterocycles. The third-order valence-corrected chi connectivity index (χ3v) is 8.39. The highest BCUT2D eigenvalue weighted by Crippen LogP contribution is 2.41. The number of rotatable bonds is 6. The molecule has 2 fully saturated rings. The Balaban J connectivity index is 1.53. The average molecular weight is 437 g/mol. The molecule has 0 saturated carbocycles. The van der Waals surface area contributed by atoms with Crippen molar-refractivity contribution in [2.75, 3.05) is 13.1 Å². The Morgan fingerprint density at radius 1 is 1.10 bits per heavy atom. The van der Waals surface area contributed by atoms with Gasteiger partial charge in [0.25, 0.3) is 0 Å². The fraction of sp³-hybridized carbons (Fsp3) is 0.400. The molecule has 2 saturated heterocycles. The predicted octanol–water partition coefficient (Wildman–Crippen LogP) is 2.79. The van der Waals surface area contributed by atoms with Gasteiger partial charge in [-0.1, -0.05) is 31.2 Å². The Hall–Kier alpha value is -2.10. The van der Waals surface area contributed by atoms with E-state index in [2.05, 4.69) is 0 Å². The number of carbonyl (C=O) groups excluding carboxylic acids is 2. The lowest BCUT2D eigenvalue weighted by Crippen LogP contribution is -2.40. The van der Waals surface area contributed by atoms with Crippen LogP contribution in [0.4, 0.5) is 4.39 Å². The summed E-state index contributed by atoms with van der Waals surface area (Å²) in [6.07, 6.45) is 0.604. The van der Waals surface area contributed by atoms with Crippen LogP contribution in [0.1, 0.15) is 29.8 Å². The minimum atomic E-state index is -3.84. The van der Waals surface area contributed by atoms with Crippen LogP contribution in [0, 0.1) is 17.7 Å². The molecule has 1 aromatic heterocycles. The van der Waals surface area contributed by atoms with E-state index in [0.717, 1.165) is 9.18 Å². The number of nitrogens with zero attached hydrogens (tertiary/aromatic N) is 2. The zero-order valence-electron chi connectivity index (χ0n) is 15.8. The Labute approximate surface area is 173 Å². The van der Waals surface area contributed by atoms with Crippen molar-refractivity contribution < 1.29 is 22.4 Å². The molecule has 29 heavy (non-hydrogen) atoms. The number of halogens is 1. The van der Waals surface area contributed by atoms with E-state index in [1.807, 2.05) is 24.4 Å². The van der Waals surface area contributed by atoms with Crippen LogP contribution in [0.25, 0.3) is 0 Å². The summed E-state index contributed by atoms with van der Waals surface area (Å²) in [6, 6.07) is 9.18. The molecule has 2 aromatic rings. The molecule has 2 aliphatic heterocycles. The van der Waals surface area contributed by atoms with E-state index in [-0.39, 0.29) is 36.5 Å². The maximum Gasteiger partial charge on any atom is 0.235 e. The quantitative estimate of drug-likeness (QED) is 0.653. The molecule has 0 N–H and O–H groups in total. The molecule has 9 heteroatoms. The van der Waals surface area contributed by atoms with Gasteiger partial charge in [0, 0.05) is 23.5 Å². The van der Waals surface area contributed by atoms with Crippen molar-refractivity contribution in [1.82, 2.24) is 9.21 Å². The van der Waals surface area contributed by atoms with Gasteiger partial charge in [0.2, 0.25) is 21.8 Å². The van der Waals surface area contributed by atoms with E-state index in [1.165, 1.54) is 34.4 Å². The van der Waals surface area contributed by atoms with Gasteiger partial charge in [0.05, 0.1) is 23.6 Å². The summed E-state index contributed by atoms with van der Waals surface area (Å²) in [5.41, 5.74) is 0.0765. The highest BCUT2D eigenvalue weighted by atomic mass is 32.2. The topological polar surface area (TPSA) is 74.8 Å². The number of hydrogen-bond donors (Lipinski definition) is 0. The number of sulfonamides is 1. The van der Waals surface area contributed by atoms with E-state index in [9.17, 15) is 22.4 Å². The maximum absolute atomic E-state index is 13.9. The first-order chi connectivity index (χ1) is 13.8. The summed E-state index contributed by atoms with van der Waals surface area (Å²) in [5.74, 6) is -3.06. The van der Waals surface area contributed by atoms with Gasteiger partial charge in [-0.3, -0.25) is 14.5 Å². The van der Waals surface area contributed by atoms with E-state index in [1.54, 1.807) is 6.07 Å². The molecular formula is C20H21FN2O4S2. The van der Waals surface area contributed by atoms with Gasteiger partial charge < -0.3 is 0 Å². The smallest absolute Gasteiger partial charge is 0.235 e. The number of fused-ring (bicyclic) bond motifs is 1. The van der Waals surface area contributed by atoms with Crippen molar-refractivity contribution in [3.05, 3.63) is 58.0 Å². The molecular weight excluding hydrogens is 415 g/mol. The van der Waals surface area contributed by atoms with E-state index >= 15 is 0 Å². The van der Waals surface area contributed by atoms with Gasteiger partial charge in [0.15, 0.2) is 0 Å². The van der Waals surface area contributed by atoms with Crippen molar-refractivity contribution in [2.24, 2.45) is 11.8 Å². The van der Waals surface area contributed by atoms with Crippen molar-refractivity contribution in [3.8, 4) is 0 Å². The number of likely N-dealkylation sites (tertiary alicyclic amines) is 1. The van der Waals surface area contributed by atoms with Crippen LogP contribution < -0.4 is 0 Å². The van der Waals surface area contributed by atoms with Crippen LogP contribution in [0.3, 0.4) is 0 Å².